The molecule has 1 saturated heterocycles. The third kappa shape index (κ3) is 5.73. The molecule has 2 aromatic rings. The minimum absolute atomic E-state index is 0.0659. The smallest absolute Gasteiger partial charge is 0.490 e. The first-order chi connectivity index (χ1) is 17.5. The van der Waals surface area contributed by atoms with Gasteiger partial charge < -0.3 is 14.7 Å². The van der Waals surface area contributed by atoms with Gasteiger partial charge in [0, 0.05) is 18.0 Å². The first kappa shape index (κ1) is 26.9. The Bertz CT molecular complexity index is 1220. The van der Waals surface area contributed by atoms with E-state index < -0.39 is 23.3 Å². The molecule has 1 N–H and O–H groups in total. The zero-order valence-corrected chi connectivity index (χ0v) is 20.7. The Kier molecular flexibility index (Phi) is 7.77. The Morgan fingerprint density at radius 3 is 2.16 bits per heavy atom. The second-order valence-corrected chi connectivity index (χ2v) is 9.90. The van der Waals surface area contributed by atoms with E-state index in [9.17, 15) is 22.8 Å². The molecule has 2 fully saturated rings. The SMILES string of the molecule is COc1ccc(Cn2nc3n(c(=O)c2=O)CCC32CCN(C3CCCC3)CC2)cc1.O=C(O)C(F)(F)F. The number of hydrogen-bond donors (Lipinski definition) is 1. The van der Waals surface area contributed by atoms with E-state index in [0.29, 0.717) is 13.1 Å². The second kappa shape index (κ2) is 10.7. The largest absolute Gasteiger partial charge is 0.497 e. The first-order valence-electron chi connectivity index (χ1n) is 12.4. The van der Waals surface area contributed by atoms with Gasteiger partial charge >= 0.3 is 23.3 Å². The Morgan fingerprint density at radius 2 is 1.62 bits per heavy atom. The topological polar surface area (TPSA) is 107 Å². The second-order valence-electron chi connectivity index (χ2n) is 9.90. The standard InChI is InChI=1S/C23H30N4O3.C2HF3O2/c1-30-19-8-6-17(7-9-19)16-27-21(29)20(28)26-15-12-23(22(26)24-27)10-13-25(14-11-23)18-4-2-3-5-18;3-2(4,5)1(6)7/h6-9,18H,2-5,10-16H2,1H3;(H,6,7). The molecule has 9 nitrogen and oxygen atoms in total. The summed E-state index contributed by atoms with van der Waals surface area (Å²) in [7, 11) is 1.62. The fraction of sp³-hybridized carbons (Fsp3) is 0.600. The summed E-state index contributed by atoms with van der Waals surface area (Å²) in [5, 5.41) is 11.9. The van der Waals surface area contributed by atoms with Crippen molar-refractivity contribution in [3.8, 4) is 5.75 Å². The summed E-state index contributed by atoms with van der Waals surface area (Å²) in [6, 6.07) is 8.28. The fourth-order valence-electron chi connectivity index (χ4n) is 5.64. The predicted octanol–water partition coefficient (Wildman–Crippen LogP) is 2.78. The van der Waals surface area contributed by atoms with Gasteiger partial charge in [-0.1, -0.05) is 25.0 Å². The normalized spacial score (nSPS) is 19.4. The lowest BCUT2D eigenvalue weighted by Crippen LogP contribution is -2.48. The van der Waals surface area contributed by atoms with Gasteiger partial charge in [-0.15, -0.1) is 0 Å². The summed E-state index contributed by atoms with van der Waals surface area (Å²) in [6.07, 6.45) is 3.23. The summed E-state index contributed by atoms with van der Waals surface area (Å²) in [5.41, 5.74) is -0.0969. The molecule has 0 radical (unpaired) electrons. The molecule has 1 saturated carbocycles. The number of aromatic nitrogens is 3. The summed E-state index contributed by atoms with van der Waals surface area (Å²) in [5.74, 6) is -1.17. The van der Waals surface area contributed by atoms with Gasteiger partial charge in [-0.25, -0.2) is 9.48 Å². The Hall–Kier alpha value is -3.15. The van der Waals surface area contributed by atoms with Crippen molar-refractivity contribution in [3.05, 3.63) is 56.4 Å². The van der Waals surface area contributed by atoms with Gasteiger partial charge in [0.25, 0.3) is 0 Å². The molecule has 12 heteroatoms. The molecule has 2 aliphatic heterocycles. The monoisotopic (exact) mass is 524 g/mol. The average Bonchev–Trinajstić information content (AvgIpc) is 3.53. The van der Waals surface area contributed by atoms with E-state index in [0.717, 1.165) is 55.5 Å². The van der Waals surface area contributed by atoms with Gasteiger partial charge in [-0.2, -0.15) is 18.3 Å². The highest BCUT2D eigenvalue weighted by atomic mass is 19.4. The maximum atomic E-state index is 12.8. The minimum Gasteiger partial charge on any atom is -0.497 e. The van der Waals surface area contributed by atoms with Crippen molar-refractivity contribution in [3.63, 3.8) is 0 Å². The molecular formula is C25H31F3N4O5. The molecule has 3 heterocycles. The number of carboxylic acid groups (broad SMARTS) is 1. The number of fused-ring (bicyclic) bond motifs is 2. The van der Waals surface area contributed by atoms with E-state index in [4.69, 9.17) is 19.7 Å². The molecule has 0 unspecified atom stereocenters. The zero-order chi connectivity index (χ0) is 26.8. The number of methoxy groups -OCH3 is 1. The van der Waals surface area contributed by atoms with Crippen LogP contribution in [0.15, 0.2) is 33.9 Å². The number of carbonyl (C=O) groups is 1. The van der Waals surface area contributed by atoms with Gasteiger partial charge in [0.05, 0.1) is 13.7 Å². The maximum absolute atomic E-state index is 12.8. The Morgan fingerprint density at radius 1 is 1.05 bits per heavy atom. The van der Waals surface area contributed by atoms with E-state index in [1.165, 1.54) is 30.4 Å². The maximum Gasteiger partial charge on any atom is 0.490 e. The number of carboxylic acids is 1. The third-order valence-electron chi connectivity index (χ3n) is 7.75. The number of likely N-dealkylation sites (tertiary alicyclic amines) is 1. The number of halogens is 3. The fourth-order valence-corrected chi connectivity index (χ4v) is 5.64. The lowest BCUT2D eigenvalue weighted by atomic mass is 9.76. The first-order valence-corrected chi connectivity index (χ1v) is 12.4. The van der Waals surface area contributed by atoms with Crippen LogP contribution in [0.25, 0.3) is 0 Å². The zero-order valence-electron chi connectivity index (χ0n) is 20.7. The number of alkyl halides is 3. The van der Waals surface area contributed by atoms with Crippen molar-refractivity contribution in [1.82, 2.24) is 19.2 Å². The molecule has 0 amide bonds. The summed E-state index contributed by atoms with van der Waals surface area (Å²) < 4.78 is 40.0. The van der Waals surface area contributed by atoms with Gasteiger partial charge in [0.1, 0.15) is 11.6 Å². The molecule has 37 heavy (non-hydrogen) atoms. The van der Waals surface area contributed by atoms with Crippen molar-refractivity contribution < 1.29 is 27.8 Å². The van der Waals surface area contributed by atoms with Crippen LogP contribution in [0.5, 0.6) is 5.75 Å². The number of ether oxygens (including phenoxy) is 1. The summed E-state index contributed by atoms with van der Waals surface area (Å²) >= 11 is 0. The molecule has 1 aromatic carbocycles. The quantitative estimate of drug-likeness (QED) is 0.613. The van der Waals surface area contributed by atoms with Crippen LogP contribution < -0.4 is 15.9 Å². The lowest BCUT2D eigenvalue weighted by Gasteiger charge is -2.41. The predicted molar refractivity (Wildman–Crippen MR) is 128 cm³/mol. The molecule has 1 aromatic heterocycles. The number of hydrogen-bond acceptors (Lipinski definition) is 6. The highest BCUT2D eigenvalue weighted by molar-refractivity contribution is 5.73. The summed E-state index contributed by atoms with van der Waals surface area (Å²) in [4.78, 5) is 37.1. The number of aliphatic carboxylic acids is 1. The van der Waals surface area contributed by atoms with Crippen molar-refractivity contribution in [2.75, 3.05) is 20.2 Å². The Balaban J connectivity index is 0.000000405. The van der Waals surface area contributed by atoms with E-state index in [1.54, 1.807) is 11.7 Å². The van der Waals surface area contributed by atoms with Gasteiger partial charge in [0.2, 0.25) is 0 Å². The van der Waals surface area contributed by atoms with E-state index in [1.807, 2.05) is 24.3 Å². The summed E-state index contributed by atoms with van der Waals surface area (Å²) in [6.45, 7) is 3.05. The number of rotatable bonds is 4. The molecular weight excluding hydrogens is 493 g/mol. The van der Waals surface area contributed by atoms with Crippen LogP contribution in [0.1, 0.15) is 56.3 Å². The Labute approximate surface area is 211 Å². The van der Waals surface area contributed by atoms with Crippen LogP contribution >= 0.6 is 0 Å². The molecule has 0 bridgehead atoms. The molecule has 0 atom stereocenters. The molecule has 202 valence electrons. The van der Waals surface area contributed by atoms with Gasteiger partial charge in [-0.3, -0.25) is 14.2 Å². The average molecular weight is 525 g/mol. The molecule has 3 aliphatic rings. The minimum atomic E-state index is -5.08. The van der Waals surface area contributed by atoms with Crippen LogP contribution in [0.2, 0.25) is 0 Å². The lowest BCUT2D eigenvalue weighted by molar-refractivity contribution is -0.192. The third-order valence-corrected chi connectivity index (χ3v) is 7.75. The van der Waals surface area contributed by atoms with E-state index in [-0.39, 0.29) is 5.41 Å². The van der Waals surface area contributed by atoms with Crippen molar-refractivity contribution >= 4 is 5.97 Å². The number of nitrogens with zero attached hydrogens (tertiary/aromatic N) is 4. The van der Waals surface area contributed by atoms with Crippen molar-refractivity contribution in [2.24, 2.45) is 0 Å². The van der Waals surface area contributed by atoms with Crippen LogP contribution in [-0.2, 0) is 23.3 Å². The highest BCUT2D eigenvalue weighted by Crippen LogP contribution is 2.42. The van der Waals surface area contributed by atoms with E-state index in [2.05, 4.69) is 4.90 Å². The van der Waals surface area contributed by atoms with Gasteiger partial charge in [0.15, 0.2) is 0 Å². The number of benzene rings is 1. The van der Waals surface area contributed by atoms with Crippen molar-refractivity contribution in [2.45, 2.75) is 75.7 Å². The van der Waals surface area contributed by atoms with Crippen LogP contribution in [0, 0.1) is 0 Å². The van der Waals surface area contributed by atoms with E-state index >= 15 is 0 Å². The number of piperidine rings is 1. The molecule has 5 rings (SSSR count). The van der Waals surface area contributed by atoms with Crippen LogP contribution in [0.3, 0.4) is 0 Å². The van der Waals surface area contributed by atoms with Gasteiger partial charge in [-0.05, 0) is 62.9 Å². The molecule has 1 aliphatic carbocycles. The highest BCUT2D eigenvalue weighted by Gasteiger charge is 2.45. The van der Waals surface area contributed by atoms with Crippen LogP contribution in [-0.4, -0.2) is 62.7 Å². The van der Waals surface area contributed by atoms with Crippen LogP contribution in [0.4, 0.5) is 13.2 Å². The van der Waals surface area contributed by atoms with Crippen molar-refractivity contribution in [1.29, 1.82) is 0 Å². The molecule has 1 spiro atoms.